The maximum Gasteiger partial charge on any atom is 0.0152 e. The Labute approximate surface area is 300 Å². The third-order valence-electron chi connectivity index (χ3n) is 9.28. The Morgan fingerprint density at radius 2 is 0.820 bits per heavy atom. The summed E-state index contributed by atoms with van der Waals surface area (Å²) >= 11 is 1.85. The molecule has 0 aliphatic rings. The molecule has 0 atom stereocenters. The molecular formula is C49H40S. The molecule has 0 aliphatic carbocycles. The van der Waals surface area contributed by atoms with E-state index in [4.69, 9.17) is 0 Å². The first-order valence-electron chi connectivity index (χ1n) is 17.2. The van der Waals surface area contributed by atoms with Crippen molar-refractivity contribution >= 4 is 44.1 Å². The third kappa shape index (κ3) is 6.79. The van der Waals surface area contributed by atoms with Crippen LogP contribution in [0, 0.1) is 13.8 Å². The molecule has 8 aromatic rings. The number of allylic oxidation sites excluding steroid dienone is 3. The Morgan fingerprint density at radius 1 is 0.400 bits per heavy atom. The van der Waals surface area contributed by atoms with Crippen molar-refractivity contribution in [2.45, 2.75) is 30.6 Å². The van der Waals surface area contributed by atoms with Crippen LogP contribution >= 0.6 is 11.8 Å². The number of rotatable bonds is 6. The predicted octanol–water partition coefficient (Wildman–Crippen LogP) is 14.7. The van der Waals surface area contributed by atoms with E-state index < -0.39 is 0 Å². The van der Waals surface area contributed by atoms with Crippen LogP contribution in [0.1, 0.15) is 18.1 Å². The Balaban J connectivity index is 0.000000734. The second-order valence-corrected chi connectivity index (χ2v) is 13.7. The molecule has 8 rings (SSSR count). The molecule has 0 radical (unpaired) electrons. The zero-order valence-electron chi connectivity index (χ0n) is 28.9. The van der Waals surface area contributed by atoms with Crippen LogP contribution in [0.3, 0.4) is 0 Å². The molecule has 0 saturated heterocycles. The highest BCUT2D eigenvalue weighted by molar-refractivity contribution is 7.99. The quantitative estimate of drug-likeness (QED) is 0.126. The number of hydrogen-bond donors (Lipinski definition) is 0. The SMILES string of the molecule is C=C/C=C\C.Cc1cc(-c2ccccc2)ccc1Sc1ccc(-c2cccc(-c3ccc4c5ccccc5c5ccccc5c4c3)c2)cc1C. The van der Waals surface area contributed by atoms with E-state index in [0.29, 0.717) is 0 Å². The fourth-order valence-corrected chi connectivity index (χ4v) is 7.69. The van der Waals surface area contributed by atoms with E-state index in [0.717, 1.165) is 0 Å². The van der Waals surface area contributed by atoms with E-state index in [9.17, 15) is 0 Å². The summed E-state index contributed by atoms with van der Waals surface area (Å²) in [5, 5.41) is 7.84. The van der Waals surface area contributed by atoms with Crippen molar-refractivity contribution in [2.24, 2.45) is 0 Å². The van der Waals surface area contributed by atoms with Gasteiger partial charge < -0.3 is 0 Å². The Bertz CT molecular complexity index is 2470. The number of benzene rings is 8. The first-order chi connectivity index (χ1) is 24.5. The lowest BCUT2D eigenvalue weighted by molar-refractivity contribution is 1.26. The Hall–Kier alpha value is -5.63. The molecule has 8 aromatic carbocycles. The summed E-state index contributed by atoms with van der Waals surface area (Å²) in [4.78, 5) is 2.59. The number of fused-ring (bicyclic) bond motifs is 6. The monoisotopic (exact) mass is 660 g/mol. The lowest BCUT2D eigenvalue weighted by atomic mass is 9.91. The van der Waals surface area contributed by atoms with Crippen molar-refractivity contribution in [1.82, 2.24) is 0 Å². The van der Waals surface area contributed by atoms with Gasteiger partial charge in [0.2, 0.25) is 0 Å². The second-order valence-electron chi connectivity index (χ2n) is 12.6. The molecule has 0 spiro atoms. The van der Waals surface area contributed by atoms with Crippen LogP contribution in [-0.2, 0) is 0 Å². The highest BCUT2D eigenvalue weighted by Gasteiger charge is 2.11. The van der Waals surface area contributed by atoms with Gasteiger partial charge in [-0.2, -0.15) is 0 Å². The van der Waals surface area contributed by atoms with Crippen molar-refractivity contribution in [2.75, 3.05) is 0 Å². The summed E-state index contributed by atoms with van der Waals surface area (Å²) in [6, 6.07) is 57.7. The average molecular weight is 661 g/mol. The topological polar surface area (TPSA) is 0 Å². The van der Waals surface area contributed by atoms with Gasteiger partial charge >= 0.3 is 0 Å². The molecule has 50 heavy (non-hydrogen) atoms. The van der Waals surface area contributed by atoms with Crippen LogP contribution in [0.2, 0.25) is 0 Å². The molecule has 0 amide bonds. The van der Waals surface area contributed by atoms with Gasteiger partial charge in [0, 0.05) is 9.79 Å². The largest absolute Gasteiger partial charge is 0.0991 e. The molecule has 0 bridgehead atoms. The maximum atomic E-state index is 3.46. The molecule has 0 nitrogen and oxygen atoms in total. The highest BCUT2D eigenvalue weighted by atomic mass is 32.2. The molecule has 0 unspecified atom stereocenters. The first kappa shape index (κ1) is 32.9. The van der Waals surface area contributed by atoms with Gasteiger partial charge in [0.1, 0.15) is 0 Å². The number of aryl methyl sites for hydroxylation is 2. The molecule has 0 N–H and O–H groups in total. The molecule has 0 fully saturated rings. The van der Waals surface area contributed by atoms with E-state index >= 15 is 0 Å². The first-order valence-corrected chi connectivity index (χ1v) is 18.0. The summed E-state index contributed by atoms with van der Waals surface area (Å²) in [7, 11) is 0. The van der Waals surface area contributed by atoms with Gasteiger partial charge in [0.05, 0.1) is 0 Å². The molecule has 1 heteroatoms. The fourth-order valence-electron chi connectivity index (χ4n) is 6.74. The fraction of sp³-hybridized carbons (Fsp3) is 0.0612. The average Bonchev–Trinajstić information content (AvgIpc) is 3.17. The summed E-state index contributed by atoms with van der Waals surface area (Å²) in [5.74, 6) is 0. The summed E-state index contributed by atoms with van der Waals surface area (Å²) in [6.07, 6.45) is 5.58. The van der Waals surface area contributed by atoms with Crippen molar-refractivity contribution in [3.8, 4) is 33.4 Å². The van der Waals surface area contributed by atoms with Crippen LogP contribution in [-0.4, -0.2) is 0 Å². The molecule has 0 saturated carbocycles. The van der Waals surface area contributed by atoms with Crippen molar-refractivity contribution < 1.29 is 0 Å². The lowest BCUT2D eigenvalue weighted by Gasteiger charge is -2.13. The highest BCUT2D eigenvalue weighted by Crippen LogP contribution is 2.39. The summed E-state index contributed by atoms with van der Waals surface area (Å²) in [5.41, 5.74) is 10.1. The second kappa shape index (κ2) is 14.9. The van der Waals surface area contributed by atoms with E-state index in [1.807, 2.05) is 30.8 Å². The molecule has 242 valence electrons. The number of hydrogen-bond acceptors (Lipinski definition) is 1. The minimum atomic E-state index is 1.23. The van der Waals surface area contributed by atoms with Crippen molar-refractivity contribution in [1.29, 1.82) is 0 Å². The van der Waals surface area contributed by atoms with Gasteiger partial charge in [-0.25, -0.2) is 0 Å². The van der Waals surface area contributed by atoms with Gasteiger partial charge in [-0.3, -0.25) is 0 Å². The summed E-state index contributed by atoms with van der Waals surface area (Å²) in [6.45, 7) is 9.86. The zero-order valence-corrected chi connectivity index (χ0v) is 29.7. The van der Waals surface area contributed by atoms with Gasteiger partial charge in [0.25, 0.3) is 0 Å². The standard InChI is InChI=1S/C44H32S.C5H8/c1-29-25-34(31-11-4-3-5-12-31)20-23-43(29)45-44-24-21-35(26-30(44)2)32-13-10-14-33(27-32)36-19-22-41-39-17-7-6-15-37(39)38-16-8-9-18-40(38)42(41)28-36;1-3-5-4-2/h3-28H,1-2H3;3-5H,1H2,2H3/b;5-4-. The molecule has 0 aromatic heterocycles. The van der Waals surface area contributed by atoms with E-state index in [1.165, 1.54) is 86.6 Å². The van der Waals surface area contributed by atoms with E-state index in [2.05, 4.69) is 178 Å². The van der Waals surface area contributed by atoms with Crippen LogP contribution in [0.5, 0.6) is 0 Å². The Kier molecular flexibility index (Phi) is 9.78. The molecule has 0 aliphatic heterocycles. The predicted molar refractivity (Wildman–Crippen MR) is 220 cm³/mol. The van der Waals surface area contributed by atoms with Crippen LogP contribution in [0.4, 0.5) is 0 Å². The van der Waals surface area contributed by atoms with E-state index in [1.54, 1.807) is 6.08 Å². The minimum absolute atomic E-state index is 1.23. The zero-order chi connectivity index (χ0) is 34.5. The van der Waals surface area contributed by atoms with E-state index in [-0.39, 0.29) is 0 Å². The van der Waals surface area contributed by atoms with Crippen molar-refractivity contribution in [3.63, 3.8) is 0 Å². The van der Waals surface area contributed by atoms with Gasteiger partial charge in [-0.05, 0) is 122 Å². The van der Waals surface area contributed by atoms with Gasteiger partial charge in [0.15, 0.2) is 0 Å². The third-order valence-corrected chi connectivity index (χ3v) is 10.6. The maximum absolute atomic E-state index is 3.46. The Morgan fingerprint density at radius 3 is 1.32 bits per heavy atom. The van der Waals surface area contributed by atoms with Crippen LogP contribution in [0.15, 0.2) is 192 Å². The lowest BCUT2D eigenvalue weighted by Crippen LogP contribution is -1.88. The smallest absolute Gasteiger partial charge is 0.0152 e. The van der Waals surface area contributed by atoms with Crippen LogP contribution in [0.25, 0.3) is 65.7 Å². The van der Waals surface area contributed by atoms with Gasteiger partial charge in [-0.15, -0.1) is 0 Å². The molecular weight excluding hydrogens is 621 g/mol. The normalized spacial score (nSPS) is 11.2. The van der Waals surface area contributed by atoms with Gasteiger partial charge in [-0.1, -0.05) is 170 Å². The summed E-state index contributed by atoms with van der Waals surface area (Å²) < 4.78 is 0. The molecule has 0 heterocycles. The van der Waals surface area contributed by atoms with Crippen molar-refractivity contribution in [3.05, 3.63) is 194 Å². The van der Waals surface area contributed by atoms with Crippen LogP contribution < -0.4 is 0 Å². The minimum Gasteiger partial charge on any atom is -0.0991 e.